The fourth-order valence-corrected chi connectivity index (χ4v) is 3.71. The Morgan fingerprint density at radius 3 is 2.60 bits per heavy atom. The monoisotopic (exact) mass is 372 g/mol. The van der Waals surface area contributed by atoms with E-state index in [2.05, 4.69) is 5.32 Å². The molecule has 1 saturated carbocycles. The maximum Gasteiger partial charge on any atom is 0.308 e. The van der Waals surface area contributed by atoms with Crippen molar-refractivity contribution in [2.24, 2.45) is 5.92 Å². The third-order valence-electron chi connectivity index (χ3n) is 4.43. The smallest absolute Gasteiger partial charge is 0.308 e. The van der Waals surface area contributed by atoms with Gasteiger partial charge in [-0.1, -0.05) is 12.8 Å². The number of sulfonamides is 1. The van der Waals surface area contributed by atoms with Crippen molar-refractivity contribution >= 4 is 27.6 Å². The number of rotatable bonds is 5. The molecule has 1 aliphatic carbocycles. The van der Waals surface area contributed by atoms with Crippen molar-refractivity contribution in [3.8, 4) is 0 Å². The van der Waals surface area contributed by atoms with Gasteiger partial charge in [0, 0.05) is 5.56 Å². The maximum absolute atomic E-state index is 13.7. The van der Waals surface area contributed by atoms with Crippen LogP contribution < -0.4 is 10.0 Å². The number of carboxylic acids is 1. The van der Waals surface area contributed by atoms with Gasteiger partial charge in [0.2, 0.25) is 10.0 Å². The van der Waals surface area contributed by atoms with Crippen LogP contribution in [-0.2, 0) is 14.8 Å². The molecule has 1 fully saturated rings. The van der Waals surface area contributed by atoms with E-state index in [0.717, 1.165) is 31.2 Å². The Hall–Kier alpha value is -2.16. The van der Waals surface area contributed by atoms with Gasteiger partial charge in [-0.25, -0.2) is 12.8 Å². The van der Waals surface area contributed by atoms with Crippen LogP contribution in [0, 0.1) is 11.7 Å². The first-order valence-electron chi connectivity index (χ1n) is 7.84. The van der Waals surface area contributed by atoms with E-state index in [1.54, 1.807) is 6.92 Å². The Kier molecular flexibility index (Phi) is 5.36. The second-order valence-corrected chi connectivity index (χ2v) is 8.33. The Morgan fingerprint density at radius 2 is 2.00 bits per heavy atom. The second-order valence-electron chi connectivity index (χ2n) is 6.58. The van der Waals surface area contributed by atoms with Gasteiger partial charge in [0.1, 0.15) is 5.82 Å². The van der Waals surface area contributed by atoms with Crippen LogP contribution in [0.4, 0.5) is 10.1 Å². The summed E-state index contributed by atoms with van der Waals surface area (Å²) < 4.78 is 38.3. The number of carbonyl (C=O) groups excluding carboxylic acids is 1. The number of hydrogen-bond donors (Lipinski definition) is 3. The third kappa shape index (κ3) is 4.68. The Balaban J connectivity index is 2.25. The number of carboxylic acid groups (broad SMARTS) is 1. The highest BCUT2D eigenvalue weighted by Crippen LogP contribution is 2.34. The molecule has 0 saturated heterocycles. The average molecular weight is 372 g/mol. The predicted molar refractivity (Wildman–Crippen MR) is 90.3 cm³/mol. The molecule has 2 unspecified atom stereocenters. The van der Waals surface area contributed by atoms with E-state index in [0.29, 0.717) is 12.8 Å². The van der Waals surface area contributed by atoms with Gasteiger partial charge in [-0.05, 0) is 38.0 Å². The molecule has 0 aromatic heterocycles. The van der Waals surface area contributed by atoms with Crippen LogP contribution in [0.15, 0.2) is 18.2 Å². The molecule has 1 aromatic rings. The minimum absolute atomic E-state index is 0.0449. The lowest BCUT2D eigenvalue weighted by Gasteiger charge is -2.39. The molecule has 0 bridgehead atoms. The Morgan fingerprint density at radius 1 is 1.32 bits per heavy atom. The SMILES string of the molecule is CC1(NC(=O)c2ccc(F)c(NS(C)(=O)=O)c2)CCCCC1C(=O)O. The van der Waals surface area contributed by atoms with E-state index in [1.807, 2.05) is 4.72 Å². The highest BCUT2D eigenvalue weighted by molar-refractivity contribution is 7.92. The van der Waals surface area contributed by atoms with E-state index in [-0.39, 0.29) is 11.3 Å². The van der Waals surface area contributed by atoms with Crippen molar-refractivity contribution in [3.05, 3.63) is 29.6 Å². The zero-order valence-electron chi connectivity index (χ0n) is 14.0. The van der Waals surface area contributed by atoms with Gasteiger partial charge in [0.05, 0.1) is 23.4 Å². The second kappa shape index (κ2) is 6.99. The van der Waals surface area contributed by atoms with Gasteiger partial charge in [-0.15, -0.1) is 0 Å². The summed E-state index contributed by atoms with van der Waals surface area (Å²) in [4.78, 5) is 24.0. The van der Waals surface area contributed by atoms with Gasteiger partial charge in [0.25, 0.3) is 5.91 Å². The molecule has 138 valence electrons. The first-order chi connectivity index (χ1) is 11.5. The van der Waals surface area contributed by atoms with E-state index in [1.165, 1.54) is 6.07 Å². The molecule has 7 nitrogen and oxygen atoms in total. The normalized spacial score (nSPS) is 23.7. The summed E-state index contributed by atoms with van der Waals surface area (Å²) in [5.74, 6) is -3.07. The topological polar surface area (TPSA) is 113 Å². The summed E-state index contributed by atoms with van der Waals surface area (Å²) in [5.41, 5.74) is -1.21. The molecule has 0 aliphatic heterocycles. The fourth-order valence-electron chi connectivity index (χ4n) is 3.16. The van der Waals surface area contributed by atoms with Crippen LogP contribution in [0.1, 0.15) is 43.0 Å². The summed E-state index contributed by atoms with van der Waals surface area (Å²) in [6, 6.07) is 3.30. The minimum Gasteiger partial charge on any atom is -0.481 e. The predicted octanol–water partition coefficient (Wildman–Crippen LogP) is 1.96. The van der Waals surface area contributed by atoms with Crippen LogP contribution >= 0.6 is 0 Å². The summed E-state index contributed by atoms with van der Waals surface area (Å²) >= 11 is 0. The zero-order valence-corrected chi connectivity index (χ0v) is 14.8. The number of nitrogens with one attached hydrogen (secondary N) is 2. The molecular weight excluding hydrogens is 351 g/mol. The number of aliphatic carboxylic acids is 1. The standard InChI is InChI=1S/C16H21FN2O5S/c1-16(8-4-3-5-11(16)15(21)22)18-14(20)10-6-7-12(17)13(9-10)19-25(2,23)24/h6-7,9,11,19H,3-5,8H2,1-2H3,(H,18,20)(H,21,22). The zero-order chi connectivity index (χ0) is 18.8. The quantitative estimate of drug-likeness (QED) is 0.731. The molecule has 0 spiro atoms. The van der Waals surface area contributed by atoms with Crippen LogP contribution in [-0.4, -0.2) is 37.2 Å². The van der Waals surface area contributed by atoms with Crippen LogP contribution in [0.5, 0.6) is 0 Å². The molecule has 1 aliphatic rings. The number of halogens is 1. The lowest BCUT2D eigenvalue weighted by molar-refractivity contribution is -0.145. The highest BCUT2D eigenvalue weighted by atomic mass is 32.2. The molecular formula is C16H21FN2O5S. The first kappa shape index (κ1) is 19.2. The van der Waals surface area contributed by atoms with E-state index >= 15 is 0 Å². The van der Waals surface area contributed by atoms with Crippen LogP contribution in [0.25, 0.3) is 0 Å². The molecule has 1 aromatic carbocycles. The minimum atomic E-state index is -3.70. The van der Waals surface area contributed by atoms with Gasteiger partial charge in [-0.2, -0.15) is 0 Å². The lowest BCUT2D eigenvalue weighted by atomic mass is 9.73. The molecule has 2 atom stereocenters. The van der Waals surface area contributed by atoms with Crippen molar-refractivity contribution in [1.29, 1.82) is 0 Å². The molecule has 25 heavy (non-hydrogen) atoms. The molecule has 0 heterocycles. The van der Waals surface area contributed by atoms with Crippen molar-refractivity contribution in [2.75, 3.05) is 11.0 Å². The van der Waals surface area contributed by atoms with Crippen molar-refractivity contribution < 1.29 is 27.5 Å². The van der Waals surface area contributed by atoms with Crippen molar-refractivity contribution in [3.63, 3.8) is 0 Å². The molecule has 1 amide bonds. The number of benzene rings is 1. The maximum atomic E-state index is 13.7. The summed E-state index contributed by atoms with van der Waals surface area (Å²) in [7, 11) is -3.70. The van der Waals surface area contributed by atoms with Gasteiger partial charge < -0.3 is 10.4 Å². The number of carbonyl (C=O) groups is 2. The lowest BCUT2D eigenvalue weighted by Crippen LogP contribution is -2.55. The molecule has 0 radical (unpaired) electrons. The van der Waals surface area contributed by atoms with E-state index in [4.69, 9.17) is 0 Å². The fraction of sp³-hybridized carbons (Fsp3) is 0.500. The number of hydrogen-bond acceptors (Lipinski definition) is 4. The summed E-state index contributed by atoms with van der Waals surface area (Å²) in [5, 5.41) is 12.1. The molecule has 2 rings (SSSR count). The molecule has 3 N–H and O–H groups in total. The van der Waals surface area contributed by atoms with Gasteiger partial charge >= 0.3 is 5.97 Å². The summed E-state index contributed by atoms with van der Waals surface area (Å²) in [6.07, 6.45) is 3.44. The van der Waals surface area contributed by atoms with E-state index in [9.17, 15) is 27.5 Å². The first-order valence-corrected chi connectivity index (χ1v) is 9.74. The van der Waals surface area contributed by atoms with Crippen molar-refractivity contribution in [1.82, 2.24) is 5.32 Å². The third-order valence-corrected chi connectivity index (χ3v) is 5.02. The number of anilines is 1. The highest BCUT2D eigenvalue weighted by Gasteiger charge is 2.42. The largest absolute Gasteiger partial charge is 0.481 e. The Labute approximate surface area is 145 Å². The van der Waals surface area contributed by atoms with E-state index < -0.39 is 39.2 Å². The average Bonchev–Trinajstić information content (AvgIpc) is 2.47. The number of amides is 1. The molecule has 9 heteroatoms. The summed E-state index contributed by atoms with van der Waals surface area (Å²) in [6.45, 7) is 1.68. The van der Waals surface area contributed by atoms with Crippen LogP contribution in [0.3, 0.4) is 0 Å². The van der Waals surface area contributed by atoms with Crippen molar-refractivity contribution in [2.45, 2.75) is 38.1 Å². The van der Waals surface area contributed by atoms with Crippen LogP contribution in [0.2, 0.25) is 0 Å². The Bertz CT molecular complexity index is 796. The van der Waals surface area contributed by atoms with Gasteiger partial charge in [0.15, 0.2) is 0 Å². The van der Waals surface area contributed by atoms with Gasteiger partial charge in [-0.3, -0.25) is 14.3 Å².